The van der Waals surface area contributed by atoms with Crippen molar-refractivity contribution in [3.63, 3.8) is 0 Å². The van der Waals surface area contributed by atoms with Crippen LogP contribution < -0.4 is 9.47 Å². The molecule has 1 aromatic heterocycles. The molecule has 0 radical (unpaired) electrons. The lowest BCUT2D eigenvalue weighted by molar-refractivity contribution is 0.00812. The molecule has 2 rings (SSSR count). The Morgan fingerprint density at radius 3 is 2.56 bits per heavy atom. The van der Waals surface area contributed by atoms with Crippen molar-refractivity contribution < 1.29 is 22.6 Å². The summed E-state index contributed by atoms with van der Waals surface area (Å²) in [7, 11) is -3.26. The fourth-order valence-electron chi connectivity index (χ4n) is 2.48. The van der Waals surface area contributed by atoms with Gasteiger partial charge in [0.15, 0.2) is 17.6 Å². The minimum atomic E-state index is -3.26. The highest BCUT2D eigenvalue weighted by molar-refractivity contribution is 9.12. The normalized spacial score (nSPS) is 18.6. The first-order chi connectivity index (χ1) is 11.8. The maximum atomic E-state index is 12.4. The Balaban J connectivity index is 1.78. The molecule has 144 valence electrons. The zero-order chi connectivity index (χ0) is 18.6. The number of hydrogen-bond donors (Lipinski definition) is 0. The van der Waals surface area contributed by atoms with E-state index >= 15 is 0 Å². The Bertz CT molecular complexity index is 676. The molecule has 0 saturated heterocycles. The Labute approximate surface area is 170 Å². The van der Waals surface area contributed by atoms with Crippen molar-refractivity contribution in [1.29, 1.82) is 0 Å². The maximum Gasteiger partial charge on any atom is 0.216 e. The van der Waals surface area contributed by atoms with Gasteiger partial charge in [-0.2, -0.15) is 0 Å². The number of sulfonamides is 1. The Morgan fingerprint density at radius 2 is 1.92 bits per heavy atom. The van der Waals surface area contributed by atoms with Crippen LogP contribution in [-0.2, 0) is 14.8 Å². The molecule has 1 aliphatic rings. The fourth-order valence-corrected chi connectivity index (χ4v) is 6.93. The second kappa shape index (κ2) is 9.36. The Morgan fingerprint density at radius 1 is 1.28 bits per heavy atom. The minimum absolute atomic E-state index is 0.208. The monoisotopic (exact) mass is 519 g/mol. The minimum Gasteiger partial charge on any atom is -0.484 e. The maximum absolute atomic E-state index is 12.4. The summed E-state index contributed by atoms with van der Waals surface area (Å²) < 4.78 is 45.3. The molecule has 2 heterocycles. The van der Waals surface area contributed by atoms with Crippen molar-refractivity contribution >= 4 is 53.2 Å². The van der Waals surface area contributed by atoms with E-state index in [0.717, 1.165) is 7.57 Å². The molecule has 0 aliphatic carbocycles. The van der Waals surface area contributed by atoms with Crippen LogP contribution in [0.2, 0.25) is 0 Å². The van der Waals surface area contributed by atoms with Crippen LogP contribution in [-0.4, -0.2) is 57.0 Å². The summed E-state index contributed by atoms with van der Waals surface area (Å²) in [5.41, 5.74) is 0. The number of nitrogens with zero attached hydrogens (tertiary/aromatic N) is 1. The molecule has 1 aliphatic heterocycles. The molecule has 10 heteroatoms. The lowest BCUT2D eigenvalue weighted by atomic mass is 10.3. The first-order valence-corrected chi connectivity index (χ1v) is 12.1. The van der Waals surface area contributed by atoms with E-state index in [0.29, 0.717) is 50.8 Å². The summed E-state index contributed by atoms with van der Waals surface area (Å²) in [5, 5.41) is -0.468. The van der Waals surface area contributed by atoms with E-state index in [1.807, 2.05) is 13.8 Å². The summed E-state index contributed by atoms with van der Waals surface area (Å²) >= 11 is 8.39. The van der Waals surface area contributed by atoms with Crippen molar-refractivity contribution in [2.24, 2.45) is 0 Å². The van der Waals surface area contributed by atoms with Gasteiger partial charge in [-0.1, -0.05) is 13.8 Å². The van der Waals surface area contributed by atoms with Crippen LogP contribution >= 0.6 is 43.2 Å². The van der Waals surface area contributed by atoms with Crippen LogP contribution in [0.15, 0.2) is 7.57 Å². The highest BCUT2D eigenvalue weighted by atomic mass is 79.9. The van der Waals surface area contributed by atoms with Gasteiger partial charge in [0.25, 0.3) is 0 Å². The molecular formula is C15H23Br2NO5S2. The lowest BCUT2D eigenvalue weighted by Crippen LogP contribution is -2.38. The molecule has 0 bridgehead atoms. The van der Waals surface area contributed by atoms with Gasteiger partial charge in [-0.15, -0.1) is 11.3 Å². The quantitative estimate of drug-likeness (QED) is 0.462. The molecular weight excluding hydrogens is 498 g/mol. The predicted molar refractivity (Wildman–Crippen MR) is 106 cm³/mol. The molecule has 2 unspecified atom stereocenters. The SMILES string of the molecule is CCN(CC)S(=O)(=O)C(C)CCOCC1COc2c(Br)sc(Br)c2O1. The highest BCUT2D eigenvalue weighted by Crippen LogP contribution is 2.50. The summed E-state index contributed by atoms with van der Waals surface area (Å²) in [5.74, 6) is 1.40. The third kappa shape index (κ3) is 5.10. The van der Waals surface area contributed by atoms with Crippen molar-refractivity contribution in [3.8, 4) is 11.5 Å². The highest BCUT2D eigenvalue weighted by Gasteiger charge is 2.29. The predicted octanol–water partition coefficient (Wildman–Crippen LogP) is 3.88. The third-order valence-corrected chi connectivity index (χ3v) is 8.90. The van der Waals surface area contributed by atoms with Gasteiger partial charge in [-0.25, -0.2) is 12.7 Å². The summed E-state index contributed by atoms with van der Waals surface area (Å²) in [6.07, 6.45) is 0.241. The summed E-state index contributed by atoms with van der Waals surface area (Å²) in [6.45, 7) is 7.53. The molecule has 0 fully saturated rings. The number of fused-ring (bicyclic) bond motifs is 1. The van der Waals surface area contributed by atoms with Crippen LogP contribution in [0.3, 0.4) is 0 Å². The van der Waals surface area contributed by atoms with Crippen molar-refractivity contribution in [2.75, 3.05) is 32.9 Å². The number of hydrogen-bond acceptors (Lipinski definition) is 6. The molecule has 0 saturated carbocycles. The average Bonchev–Trinajstić information content (AvgIpc) is 2.86. The van der Waals surface area contributed by atoms with Crippen LogP contribution in [0.4, 0.5) is 0 Å². The van der Waals surface area contributed by atoms with E-state index in [-0.39, 0.29) is 6.10 Å². The number of halogens is 2. The molecule has 6 nitrogen and oxygen atoms in total. The van der Waals surface area contributed by atoms with Crippen LogP contribution in [0.25, 0.3) is 0 Å². The van der Waals surface area contributed by atoms with Gasteiger partial charge in [-0.05, 0) is 45.2 Å². The zero-order valence-corrected chi connectivity index (χ0v) is 19.3. The van der Waals surface area contributed by atoms with E-state index in [2.05, 4.69) is 31.9 Å². The van der Waals surface area contributed by atoms with E-state index in [1.165, 1.54) is 15.6 Å². The molecule has 0 amide bonds. The largest absolute Gasteiger partial charge is 0.484 e. The van der Waals surface area contributed by atoms with Crippen LogP contribution in [0.5, 0.6) is 11.5 Å². The lowest BCUT2D eigenvalue weighted by Gasteiger charge is -2.25. The number of thiophene rings is 1. The van der Waals surface area contributed by atoms with Gasteiger partial charge in [0, 0.05) is 19.7 Å². The Kier molecular flexibility index (Phi) is 8.03. The molecule has 1 aromatic rings. The molecule has 0 spiro atoms. The second-order valence-electron chi connectivity index (χ2n) is 5.66. The number of ether oxygens (including phenoxy) is 3. The van der Waals surface area contributed by atoms with Gasteiger partial charge in [0.05, 0.1) is 11.9 Å². The van der Waals surface area contributed by atoms with Crippen molar-refractivity contribution in [1.82, 2.24) is 4.31 Å². The third-order valence-electron chi connectivity index (χ3n) is 3.99. The number of rotatable bonds is 9. The van der Waals surface area contributed by atoms with E-state index < -0.39 is 15.3 Å². The first kappa shape index (κ1) is 21.4. The van der Waals surface area contributed by atoms with Gasteiger partial charge in [0.1, 0.15) is 14.2 Å². The van der Waals surface area contributed by atoms with E-state index in [4.69, 9.17) is 14.2 Å². The van der Waals surface area contributed by atoms with Gasteiger partial charge in [-0.3, -0.25) is 0 Å². The van der Waals surface area contributed by atoms with Gasteiger partial charge >= 0.3 is 0 Å². The second-order valence-corrected chi connectivity index (χ2v) is 11.7. The van der Waals surface area contributed by atoms with Gasteiger partial charge in [0.2, 0.25) is 10.0 Å². The molecule has 2 atom stereocenters. The summed E-state index contributed by atoms with van der Waals surface area (Å²) in [6, 6.07) is 0. The van der Waals surface area contributed by atoms with Crippen molar-refractivity contribution in [2.45, 2.75) is 38.5 Å². The zero-order valence-electron chi connectivity index (χ0n) is 14.5. The Hall–Kier alpha value is 0.130. The smallest absolute Gasteiger partial charge is 0.216 e. The average molecular weight is 521 g/mol. The van der Waals surface area contributed by atoms with E-state index in [9.17, 15) is 8.42 Å². The summed E-state index contributed by atoms with van der Waals surface area (Å²) in [4.78, 5) is 0. The van der Waals surface area contributed by atoms with Crippen molar-refractivity contribution in [3.05, 3.63) is 7.57 Å². The molecule has 0 aromatic carbocycles. The molecule has 0 N–H and O–H groups in total. The molecule has 25 heavy (non-hydrogen) atoms. The van der Waals surface area contributed by atoms with Crippen LogP contribution in [0.1, 0.15) is 27.2 Å². The first-order valence-electron chi connectivity index (χ1n) is 8.15. The topological polar surface area (TPSA) is 65.1 Å². The van der Waals surface area contributed by atoms with Crippen LogP contribution in [0, 0.1) is 0 Å². The standard InChI is InChI=1S/C15H23Br2NO5S2/c1-4-18(5-2)25(19,20)10(3)6-7-21-8-11-9-22-12-13(23-11)15(17)24-14(12)16/h10-11H,4-9H2,1-3H3. The van der Waals surface area contributed by atoms with Gasteiger partial charge < -0.3 is 14.2 Å². The fraction of sp³-hybridized carbons (Fsp3) is 0.733. The van der Waals surface area contributed by atoms with E-state index in [1.54, 1.807) is 6.92 Å².